The number of aromatic nitrogens is 3. The number of aliphatic carboxylic acids is 1. The monoisotopic (exact) mass is 259 g/mol. The molecule has 0 fully saturated rings. The highest BCUT2D eigenvalue weighted by atomic mass is 32.1. The fourth-order valence-electron chi connectivity index (χ4n) is 1.86. The lowest BCUT2D eigenvalue weighted by molar-refractivity contribution is -0.136. The standard InChI is InChI=1S/C12H9N3O2S/c16-11(17)4-9-6-14-12-15(9)10(7-18-12)8-2-1-3-13-5-8/h1-3,5-7H,4H2,(H,16,17). The minimum Gasteiger partial charge on any atom is -0.481 e. The van der Waals surface area contributed by atoms with Gasteiger partial charge in [0.25, 0.3) is 0 Å². The number of carboxylic acid groups (broad SMARTS) is 1. The highest BCUT2D eigenvalue weighted by Crippen LogP contribution is 2.26. The summed E-state index contributed by atoms with van der Waals surface area (Å²) in [7, 11) is 0. The number of fused-ring (bicyclic) bond motifs is 1. The quantitative estimate of drug-likeness (QED) is 0.782. The normalized spacial score (nSPS) is 10.9. The first kappa shape index (κ1) is 10.9. The molecule has 0 aliphatic carbocycles. The van der Waals surface area contributed by atoms with Crippen molar-refractivity contribution >= 4 is 22.3 Å². The van der Waals surface area contributed by atoms with Gasteiger partial charge in [-0.15, -0.1) is 11.3 Å². The average Bonchev–Trinajstić information content (AvgIpc) is 2.93. The van der Waals surface area contributed by atoms with Crippen molar-refractivity contribution in [3.05, 3.63) is 41.8 Å². The molecule has 5 nitrogen and oxygen atoms in total. The van der Waals surface area contributed by atoms with E-state index < -0.39 is 5.97 Å². The van der Waals surface area contributed by atoms with Crippen LogP contribution < -0.4 is 0 Å². The van der Waals surface area contributed by atoms with E-state index in [4.69, 9.17) is 5.11 Å². The van der Waals surface area contributed by atoms with Crippen LogP contribution in [0.25, 0.3) is 16.2 Å². The van der Waals surface area contributed by atoms with E-state index in [0.717, 1.165) is 16.2 Å². The number of rotatable bonds is 3. The third-order valence-electron chi connectivity index (χ3n) is 2.61. The number of pyridine rings is 1. The van der Waals surface area contributed by atoms with E-state index in [-0.39, 0.29) is 6.42 Å². The summed E-state index contributed by atoms with van der Waals surface area (Å²) in [6.07, 6.45) is 5.04. The Labute approximate surface area is 106 Å². The molecule has 90 valence electrons. The molecule has 3 heterocycles. The number of thiazole rings is 1. The van der Waals surface area contributed by atoms with Gasteiger partial charge in [-0.2, -0.15) is 0 Å². The largest absolute Gasteiger partial charge is 0.481 e. The summed E-state index contributed by atoms with van der Waals surface area (Å²) >= 11 is 1.49. The Kier molecular flexibility index (Phi) is 2.56. The molecule has 0 unspecified atom stereocenters. The predicted molar refractivity (Wildman–Crippen MR) is 67.6 cm³/mol. The minimum absolute atomic E-state index is 0.0365. The molecule has 18 heavy (non-hydrogen) atoms. The van der Waals surface area contributed by atoms with Gasteiger partial charge >= 0.3 is 5.97 Å². The zero-order valence-electron chi connectivity index (χ0n) is 9.28. The zero-order chi connectivity index (χ0) is 12.5. The molecule has 0 aliphatic rings. The molecule has 1 N–H and O–H groups in total. The summed E-state index contributed by atoms with van der Waals surface area (Å²) < 4.78 is 1.87. The van der Waals surface area contributed by atoms with Crippen molar-refractivity contribution in [2.24, 2.45) is 0 Å². The Morgan fingerprint density at radius 3 is 3.06 bits per heavy atom. The van der Waals surface area contributed by atoms with Crippen molar-refractivity contribution in [2.45, 2.75) is 6.42 Å². The predicted octanol–water partition coefficient (Wildman–Crippen LogP) is 2.08. The van der Waals surface area contributed by atoms with Gasteiger partial charge in [-0.05, 0) is 12.1 Å². The molecule has 0 radical (unpaired) electrons. The first-order chi connectivity index (χ1) is 8.75. The van der Waals surface area contributed by atoms with Gasteiger partial charge in [0.05, 0.1) is 24.0 Å². The molecule has 0 spiro atoms. The van der Waals surface area contributed by atoms with Crippen LogP contribution in [0.3, 0.4) is 0 Å². The zero-order valence-corrected chi connectivity index (χ0v) is 10.1. The van der Waals surface area contributed by atoms with Crippen LogP contribution >= 0.6 is 11.3 Å². The van der Waals surface area contributed by atoms with Crippen molar-refractivity contribution in [3.63, 3.8) is 0 Å². The minimum atomic E-state index is -0.861. The van der Waals surface area contributed by atoms with Crippen molar-refractivity contribution in [2.75, 3.05) is 0 Å². The summed E-state index contributed by atoms with van der Waals surface area (Å²) in [5.41, 5.74) is 2.56. The maximum Gasteiger partial charge on any atom is 0.309 e. The highest BCUT2D eigenvalue weighted by molar-refractivity contribution is 7.15. The lowest BCUT2D eigenvalue weighted by atomic mass is 10.2. The van der Waals surface area contributed by atoms with Gasteiger partial charge in [0.2, 0.25) is 0 Å². The maximum atomic E-state index is 10.8. The molecule has 6 heteroatoms. The second kappa shape index (κ2) is 4.23. The summed E-state index contributed by atoms with van der Waals surface area (Å²) in [6, 6.07) is 3.80. The molecular weight excluding hydrogens is 250 g/mol. The van der Waals surface area contributed by atoms with Gasteiger partial charge in [0.1, 0.15) is 0 Å². The topological polar surface area (TPSA) is 67.5 Å². The molecule has 3 aromatic heterocycles. The Hall–Kier alpha value is -2.21. The SMILES string of the molecule is O=C(O)Cc1cnc2scc(-c3cccnc3)n12. The smallest absolute Gasteiger partial charge is 0.309 e. The fraction of sp³-hybridized carbons (Fsp3) is 0.0833. The van der Waals surface area contributed by atoms with Crippen molar-refractivity contribution < 1.29 is 9.90 Å². The van der Waals surface area contributed by atoms with E-state index in [1.165, 1.54) is 11.3 Å². The van der Waals surface area contributed by atoms with Crippen LogP contribution in [0.2, 0.25) is 0 Å². The third-order valence-corrected chi connectivity index (χ3v) is 3.45. The van der Waals surface area contributed by atoms with Crippen molar-refractivity contribution in [3.8, 4) is 11.3 Å². The molecule has 0 bridgehead atoms. The molecule has 0 aromatic carbocycles. The van der Waals surface area contributed by atoms with Gasteiger partial charge in [0, 0.05) is 23.3 Å². The van der Waals surface area contributed by atoms with E-state index in [1.807, 2.05) is 21.9 Å². The number of carboxylic acids is 1. The maximum absolute atomic E-state index is 10.8. The number of nitrogens with zero attached hydrogens (tertiary/aromatic N) is 3. The van der Waals surface area contributed by atoms with E-state index in [1.54, 1.807) is 18.6 Å². The molecule has 0 atom stereocenters. The van der Waals surface area contributed by atoms with Crippen LogP contribution in [0.4, 0.5) is 0 Å². The lowest BCUT2D eigenvalue weighted by Gasteiger charge is -2.01. The van der Waals surface area contributed by atoms with Crippen LogP contribution in [0.5, 0.6) is 0 Å². The highest BCUT2D eigenvalue weighted by Gasteiger charge is 2.13. The fourth-order valence-corrected chi connectivity index (χ4v) is 2.75. The first-order valence-electron chi connectivity index (χ1n) is 5.32. The van der Waals surface area contributed by atoms with Crippen LogP contribution in [0.15, 0.2) is 36.1 Å². The molecule has 0 aliphatic heterocycles. The molecule has 0 saturated carbocycles. The lowest BCUT2D eigenvalue weighted by Crippen LogP contribution is -2.03. The van der Waals surface area contributed by atoms with Gasteiger partial charge in [-0.1, -0.05) is 0 Å². The van der Waals surface area contributed by atoms with Crippen molar-refractivity contribution in [1.29, 1.82) is 0 Å². The van der Waals surface area contributed by atoms with Gasteiger partial charge in [0.15, 0.2) is 4.96 Å². The Balaban J connectivity index is 2.18. The van der Waals surface area contributed by atoms with Crippen molar-refractivity contribution in [1.82, 2.24) is 14.4 Å². The van der Waals surface area contributed by atoms with Gasteiger partial charge < -0.3 is 5.11 Å². The molecular formula is C12H9N3O2S. The number of carbonyl (C=O) groups is 1. The second-order valence-electron chi connectivity index (χ2n) is 3.80. The van der Waals surface area contributed by atoms with Crippen LogP contribution in [0, 0.1) is 0 Å². The van der Waals surface area contributed by atoms with Crippen LogP contribution in [-0.4, -0.2) is 25.4 Å². The first-order valence-corrected chi connectivity index (χ1v) is 6.19. The molecule has 3 rings (SSSR count). The van der Waals surface area contributed by atoms with Crippen LogP contribution in [0.1, 0.15) is 5.69 Å². The van der Waals surface area contributed by atoms with E-state index >= 15 is 0 Å². The number of hydrogen-bond acceptors (Lipinski definition) is 4. The van der Waals surface area contributed by atoms with Crippen LogP contribution in [-0.2, 0) is 11.2 Å². The summed E-state index contributed by atoms with van der Waals surface area (Å²) in [4.78, 5) is 19.9. The van der Waals surface area contributed by atoms with E-state index in [0.29, 0.717) is 5.69 Å². The second-order valence-corrected chi connectivity index (χ2v) is 4.64. The Morgan fingerprint density at radius 2 is 2.33 bits per heavy atom. The summed E-state index contributed by atoms with van der Waals surface area (Å²) in [5.74, 6) is -0.861. The summed E-state index contributed by atoms with van der Waals surface area (Å²) in [5, 5.41) is 10.9. The molecule has 0 saturated heterocycles. The van der Waals surface area contributed by atoms with Gasteiger partial charge in [-0.25, -0.2) is 4.98 Å². The third kappa shape index (κ3) is 1.76. The van der Waals surface area contributed by atoms with Gasteiger partial charge in [-0.3, -0.25) is 14.2 Å². The summed E-state index contributed by atoms with van der Waals surface area (Å²) in [6.45, 7) is 0. The number of imidazole rings is 1. The van der Waals surface area contributed by atoms with E-state index in [2.05, 4.69) is 9.97 Å². The average molecular weight is 259 g/mol. The molecule has 3 aromatic rings. The Morgan fingerprint density at radius 1 is 1.44 bits per heavy atom. The van der Waals surface area contributed by atoms with E-state index in [9.17, 15) is 4.79 Å². The number of hydrogen-bond donors (Lipinski definition) is 1. The Bertz CT molecular complexity index is 703. The molecule has 0 amide bonds.